The Labute approximate surface area is 165 Å². The van der Waals surface area contributed by atoms with E-state index in [9.17, 15) is 18.0 Å². The zero-order chi connectivity index (χ0) is 21.1. The quantitative estimate of drug-likeness (QED) is 0.683. The molecule has 1 heterocycles. The van der Waals surface area contributed by atoms with Gasteiger partial charge in [-0.25, -0.2) is 18.0 Å². The summed E-state index contributed by atoms with van der Waals surface area (Å²) in [5, 5.41) is 0. The van der Waals surface area contributed by atoms with E-state index in [0.717, 1.165) is 6.26 Å². The van der Waals surface area contributed by atoms with Crippen LogP contribution in [-0.2, 0) is 24.1 Å². The Kier molecular flexibility index (Phi) is 6.59. The summed E-state index contributed by atoms with van der Waals surface area (Å²) in [5.41, 5.74) is -0.673. The fraction of sp³-hybridized carbons (Fsp3) is 0.579. The number of carbonyl (C=O) groups excluding carboxylic acids is 2. The van der Waals surface area contributed by atoms with Crippen LogP contribution in [0.25, 0.3) is 0 Å². The molecule has 1 unspecified atom stereocenters. The van der Waals surface area contributed by atoms with Gasteiger partial charge in [0, 0.05) is 18.7 Å². The molecule has 1 fully saturated rings. The third-order valence-electron chi connectivity index (χ3n) is 4.23. The lowest BCUT2D eigenvalue weighted by Gasteiger charge is -2.27. The van der Waals surface area contributed by atoms with Crippen LogP contribution in [0, 0.1) is 5.92 Å². The Morgan fingerprint density at radius 2 is 1.79 bits per heavy atom. The van der Waals surface area contributed by atoms with Gasteiger partial charge >= 0.3 is 12.1 Å². The average Bonchev–Trinajstić information content (AvgIpc) is 3.02. The summed E-state index contributed by atoms with van der Waals surface area (Å²) in [6.45, 7) is 5.85. The number of benzene rings is 1. The summed E-state index contributed by atoms with van der Waals surface area (Å²) in [7, 11) is -1.99. The van der Waals surface area contributed by atoms with Gasteiger partial charge in [-0.1, -0.05) is 0 Å². The molecule has 0 bridgehead atoms. The third-order valence-corrected chi connectivity index (χ3v) is 5.36. The molecule has 0 spiro atoms. The van der Waals surface area contributed by atoms with E-state index in [1.54, 1.807) is 32.9 Å². The molecule has 1 aliphatic heterocycles. The monoisotopic (exact) mass is 413 g/mol. The number of nitrogens with zero attached hydrogens (tertiary/aromatic N) is 1. The van der Waals surface area contributed by atoms with E-state index in [-0.39, 0.29) is 17.4 Å². The first kappa shape index (κ1) is 22.0. The number of hydrogen-bond acceptors (Lipinski definition) is 7. The van der Waals surface area contributed by atoms with Gasteiger partial charge in [0.05, 0.1) is 18.6 Å². The number of methoxy groups -OCH3 is 1. The van der Waals surface area contributed by atoms with Crippen molar-refractivity contribution in [2.45, 2.75) is 43.7 Å². The highest BCUT2D eigenvalue weighted by atomic mass is 32.2. The molecular formula is C19H27NO7S. The van der Waals surface area contributed by atoms with Crippen molar-refractivity contribution in [3.63, 3.8) is 0 Å². The van der Waals surface area contributed by atoms with E-state index < -0.39 is 33.5 Å². The molecule has 1 amide bonds. The summed E-state index contributed by atoms with van der Waals surface area (Å²) in [6.07, 6.45) is 0.968. The maximum absolute atomic E-state index is 12.4. The first-order chi connectivity index (χ1) is 12.9. The van der Waals surface area contributed by atoms with Crippen LogP contribution in [-0.4, -0.2) is 63.5 Å². The molecular weight excluding hydrogens is 386 g/mol. The molecule has 2 atom stereocenters. The summed E-state index contributed by atoms with van der Waals surface area (Å²) in [4.78, 5) is 26.1. The van der Waals surface area contributed by atoms with Crippen LogP contribution in [0.1, 0.15) is 27.2 Å². The maximum Gasteiger partial charge on any atom is 0.411 e. The molecule has 1 aromatic carbocycles. The maximum atomic E-state index is 12.4. The molecule has 0 aromatic heterocycles. The van der Waals surface area contributed by atoms with Crippen LogP contribution in [0.15, 0.2) is 29.2 Å². The summed E-state index contributed by atoms with van der Waals surface area (Å²) < 4.78 is 38.9. The predicted octanol–water partition coefficient (Wildman–Crippen LogP) is 2.27. The van der Waals surface area contributed by atoms with Crippen molar-refractivity contribution in [2.24, 2.45) is 5.92 Å². The van der Waals surface area contributed by atoms with E-state index in [4.69, 9.17) is 14.2 Å². The highest BCUT2D eigenvalue weighted by Crippen LogP contribution is 2.27. The molecule has 8 nitrogen and oxygen atoms in total. The van der Waals surface area contributed by atoms with E-state index in [1.165, 1.54) is 24.1 Å². The van der Waals surface area contributed by atoms with Gasteiger partial charge in [0.2, 0.25) is 0 Å². The molecule has 0 saturated carbocycles. The molecule has 156 valence electrons. The van der Waals surface area contributed by atoms with Gasteiger partial charge in [-0.05, 0) is 51.5 Å². The van der Waals surface area contributed by atoms with Crippen molar-refractivity contribution >= 4 is 21.9 Å². The lowest BCUT2D eigenvalue weighted by atomic mass is 10.1. The lowest BCUT2D eigenvalue weighted by Crippen LogP contribution is -2.43. The molecule has 1 saturated heterocycles. The minimum absolute atomic E-state index is 0.0915. The number of sulfone groups is 1. The zero-order valence-electron chi connectivity index (χ0n) is 16.8. The molecule has 1 aromatic rings. The molecule has 1 aliphatic rings. The average molecular weight is 413 g/mol. The Hall–Kier alpha value is -2.29. The van der Waals surface area contributed by atoms with Crippen LogP contribution >= 0.6 is 0 Å². The zero-order valence-corrected chi connectivity index (χ0v) is 17.6. The van der Waals surface area contributed by atoms with Crippen LogP contribution < -0.4 is 4.74 Å². The van der Waals surface area contributed by atoms with E-state index in [0.29, 0.717) is 18.7 Å². The number of likely N-dealkylation sites (tertiary alicyclic amines) is 1. The van der Waals surface area contributed by atoms with Crippen molar-refractivity contribution in [3.8, 4) is 5.75 Å². The second-order valence-corrected chi connectivity index (χ2v) is 9.84. The smallest absolute Gasteiger partial charge is 0.411 e. The van der Waals surface area contributed by atoms with Crippen LogP contribution in [0.2, 0.25) is 0 Å². The minimum Gasteiger partial charge on any atom is -0.493 e. The minimum atomic E-state index is -3.27. The van der Waals surface area contributed by atoms with Crippen molar-refractivity contribution < 1.29 is 32.2 Å². The van der Waals surface area contributed by atoms with Crippen molar-refractivity contribution in [3.05, 3.63) is 24.3 Å². The Bertz CT molecular complexity index is 812. The van der Waals surface area contributed by atoms with E-state index >= 15 is 0 Å². The number of rotatable bonds is 5. The fourth-order valence-corrected chi connectivity index (χ4v) is 3.55. The van der Waals surface area contributed by atoms with Crippen molar-refractivity contribution in [2.75, 3.05) is 26.5 Å². The molecule has 0 aliphatic carbocycles. The summed E-state index contributed by atoms with van der Waals surface area (Å²) in [6, 6.07) is 5.39. The van der Waals surface area contributed by atoms with Crippen molar-refractivity contribution in [1.82, 2.24) is 4.90 Å². The third kappa shape index (κ3) is 5.85. The van der Waals surface area contributed by atoms with Gasteiger partial charge < -0.3 is 14.2 Å². The van der Waals surface area contributed by atoms with Gasteiger partial charge in [0.25, 0.3) is 0 Å². The lowest BCUT2D eigenvalue weighted by molar-refractivity contribution is -0.145. The van der Waals surface area contributed by atoms with E-state index in [2.05, 4.69) is 0 Å². The first-order valence-corrected chi connectivity index (χ1v) is 10.8. The van der Waals surface area contributed by atoms with Gasteiger partial charge in [-0.2, -0.15) is 0 Å². The second kappa shape index (κ2) is 8.38. The Morgan fingerprint density at radius 1 is 1.18 bits per heavy atom. The Morgan fingerprint density at radius 3 is 2.29 bits per heavy atom. The summed E-state index contributed by atoms with van der Waals surface area (Å²) in [5.74, 6) is -0.0743. The van der Waals surface area contributed by atoms with Gasteiger partial charge in [0.1, 0.15) is 17.4 Å². The highest BCUT2D eigenvalue weighted by molar-refractivity contribution is 7.90. The van der Waals surface area contributed by atoms with Crippen LogP contribution in [0.3, 0.4) is 0 Å². The molecule has 0 radical (unpaired) electrons. The van der Waals surface area contributed by atoms with Gasteiger partial charge in [0.15, 0.2) is 9.84 Å². The second-order valence-electron chi connectivity index (χ2n) is 7.83. The van der Waals surface area contributed by atoms with Crippen LogP contribution in [0.4, 0.5) is 4.79 Å². The number of amides is 1. The number of hydrogen-bond donors (Lipinski definition) is 0. The SMILES string of the molecule is COC(=O)[C@@H]1CC(COc2ccc(S(C)(=O)=O)cc2)CN1C(=O)OC(C)(C)C. The van der Waals surface area contributed by atoms with Crippen molar-refractivity contribution in [1.29, 1.82) is 0 Å². The number of carbonyl (C=O) groups is 2. The molecule has 0 N–H and O–H groups in total. The number of esters is 1. The standard InChI is InChI=1S/C19H27NO7S/c1-19(2,3)27-18(22)20-11-13(10-16(20)17(21)25-4)12-26-14-6-8-15(9-7-14)28(5,23)24/h6-9,13,16H,10-12H2,1-5H3/t13?,16-/m0/s1. The largest absolute Gasteiger partial charge is 0.493 e. The Balaban J connectivity index is 2.02. The highest BCUT2D eigenvalue weighted by Gasteiger charge is 2.42. The number of ether oxygens (including phenoxy) is 3. The topological polar surface area (TPSA) is 99.2 Å². The normalized spacial score (nSPS) is 20.0. The predicted molar refractivity (Wildman–Crippen MR) is 102 cm³/mol. The molecule has 2 rings (SSSR count). The first-order valence-electron chi connectivity index (χ1n) is 8.91. The van der Waals surface area contributed by atoms with Gasteiger partial charge in [-0.15, -0.1) is 0 Å². The molecule has 9 heteroatoms. The fourth-order valence-electron chi connectivity index (χ4n) is 2.92. The van der Waals surface area contributed by atoms with Gasteiger partial charge in [-0.3, -0.25) is 4.90 Å². The summed E-state index contributed by atoms with van der Waals surface area (Å²) >= 11 is 0. The van der Waals surface area contributed by atoms with Crippen LogP contribution in [0.5, 0.6) is 5.75 Å². The van der Waals surface area contributed by atoms with E-state index in [1.807, 2.05) is 0 Å². The molecule has 28 heavy (non-hydrogen) atoms.